The Morgan fingerprint density at radius 1 is 1.12 bits per heavy atom. The smallest absolute Gasteiger partial charge is 0.284 e. The first-order valence-electron chi connectivity index (χ1n) is 11.3. The van der Waals surface area contributed by atoms with Crippen LogP contribution in [0.1, 0.15) is 29.1 Å². The van der Waals surface area contributed by atoms with E-state index in [0.29, 0.717) is 41.4 Å². The van der Waals surface area contributed by atoms with Gasteiger partial charge >= 0.3 is 0 Å². The van der Waals surface area contributed by atoms with Gasteiger partial charge in [0.25, 0.3) is 5.91 Å². The minimum Gasteiger partial charge on any atom is -0.391 e. The minimum atomic E-state index is -0.464. The van der Waals surface area contributed by atoms with E-state index in [2.05, 4.69) is 30.8 Å². The van der Waals surface area contributed by atoms with Crippen LogP contribution in [0.25, 0.3) is 21.5 Å². The van der Waals surface area contributed by atoms with Crippen molar-refractivity contribution in [2.24, 2.45) is 0 Å². The number of nitrogens with zero attached hydrogens (tertiary/aromatic N) is 5. The average Bonchev–Trinajstić information content (AvgIpc) is 3.34. The Kier molecular flexibility index (Phi) is 5.31. The first-order chi connectivity index (χ1) is 16.6. The third-order valence-corrected chi connectivity index (χ3v) is 6.95. The fraction of sp³-hybridized carbons (Fsp3) is 0.292. The number of hydrogen-bond donors (Lipinski definition) is 3. The van der Waals surface area contributed by atoms with E-state index in [1.165, 1.54) is 11.3 Å². The number of benzene rings is 1. The van der Waals surface area contributed by atoms with Crippen molar-refractivity contribution in [3.63, 3.8) is 0 Å². The van der Waals surface area contributed by atoms with Crippen molar-refractivity contribution in [1.29, 1.82) is 0 Å². The number of anilines is 3. The zero-order chi connectivity index (χ0) is 23.1. The Labute approximate surface area is 199 Å². The van der Waals surface area contributed by atoms with Gasteiger partial charge in [0, 0.05) is 54.4 Å². The van der Waals surface area contributed by atoms with Crippen molar-refractivity contribution in [3.05, 3.63) is 53.8 Å². The molecule has 1 aromatic carbocycles. The molecule has 1 amide bonds. The SMILES string of the molecule is O=C(c1nnc(-c2cnc(Nc3ccc4ncccc4c3)cc2NC2CC2)s1)N1CC[C@@H](O)C1. The van der Waals surface area contributed by atoms with Crippen LogP contribution in [0.2, 0.25) is 0 Å². The first kappa shape index (κ1) is 20.9. The number of aliphatic hydroxyl groups excluding tert-OH is 1. The molecule has 0 radical (unpaired) electrons. The quantitative estimate of drug-likeness (QED) is 0.388. The lowest BCUT2D eigenvalue weighted by atomic mass is 10.2. The van der Waals surface area contributed by atoms with Crippen LogP contribution in [0.5, 0.6) is 0 Å². The Hall–Kier alpha value is -3.63. The second-order valence-electron chi connectivity index (χ2n) is 8.68. The standard InChI is InChI=1S/C24H23N7O2S/c32-17-7-9-31(13-17)24(33)23-30-29-22(34-23)18-12-26-21(11-20(18)27-15-3-4-15)28-16-5-6-19-14(10-16)2-1-8-25-19/h1-2,5-6,8,10-12,15,17,32H,3-4,7,9,13H2,(H2,26,27,28)/t17-/m1/s1. The fourth-order valence-electron chi connectivity index (χ4n) is 4.04. The molecule has 4 heterocycles. The van der Waals surface area contributed by atoms with Gasteiger partial charge in [0.15, 0.2) is 5.01 Å². The summed E-state index contributed by atoms with van der Waals surface area (Å²) in [5.74, 6) is 0.524. The summed E-state index contributed by atoms with van der Waals surface area (Å²) in [6.07, 6.45) is 5.93. The Balaban J connectivity index is 1.27. The molecule has 3 N–H and O–H groups in total. The number of rotatable bonds is 6. The highest BCUT2D eigenvalue weighted by molar-refractivity contribution is 7.16. The number of aliphatic hydroxyl groups is 1. The van der Waals surface area contributed by atoms with Gasteiger partial charge in [-0.05, 0) is 43.5 Å². The molecule has 1 saturated carbocycles. The number of fused-ring (bicyclic) bond motifs is 1. The number of nitrogens with one attached hydrogen (secondary N) is 2. The molecule has 2 fully saturated rings. The van der Waals surface area contributed by atoms with Crippen LogP contribution in [0.4, 0.5) is 17.2 Å². The normalized spacial score (nSPS) is 17.8. The predicted octanol–water partition coefficient (Wildman–Crippen LogP) is 3.67. The molecule has 2 aliphatic rings. The topological polar surface area (TPSA) is 116 Å². The molecule has 1 aliphatic carbocycles. The van der Waals surface area contributed by atoms with Gasteiger partial charge in [-0.25, -0.2) is 4.98 Å². The van der Waals surface area contributed by atoms with E-state index in [1.807, 2.05) is 36.4 Å². The van der Waals surface area contributed by atoms with E-state index in [9.17, 15) is 9.90 Å². The number of carbonyl (C=O) groups excluding carboxylic acids is 1. The van der Waals surface area contributed by atoms with Crippen molar-refractivity contribution in [1.82, 2.24) is 25.1 Å². The zero-order valence-corrected chi connectivity index (χ0v) is 19.1. The van der Waals surface area contributed by atoms with Crippen LogP contribution in [0.15, 0.2) is 48.8 Å². The number of hydrogen-bond acceptors (Lipinski definition) is 9. The summed E-state index contributed by atoms with van der Waals surface area (Å²) in [4.78, 5) is 23.3. The summed E-state index contributed by atoms with van der Waals surface area (Å²) in [6, 6.07) is 12.4. The fourth-order valence-corrected chi connectivity index (χ4v) is 4.88. The van der Waals surface area contributed by atoms with Crippen molar-refractivity contribution < 1.29 is 9.90 Å². The third-order valence-electron chi connectivity index (χ3n) is 6.01. The highest BCUT2D eigenvalue weighted by atomic mass is 32.1. The molecule has 34 heavy (non-hydrogen) atoms. The van der Waals surface area contributed by atoms with E-state index in [4.69, 9.17) is 0 Å². The van der Waals surface area contributed by atoms with Crippen molar-refractivity contribution in [3.8, 4) is 10.6 Å². The molecule has 3 aromatic heterocycles. The number of pyridine rings is 2. The second-order valence-corrected chi connectivity index (χ2v) is 9.65. The van der Waals surface area contributed by atoms with Gasteiger partial charge in [0.05, 0.1) is 17.2 Å². The van der Waals surface area contributed by atoms with Gasteiger partial charge in [-0.3, -0.25) is 9.78 Å². The Morgan fingerprint density at radius 3 is 2.85 bits per heavy atom. The number of amides is 1. The molecular formula is C24H23N7O2S. The maximum absolute atomic E-state index is 12.7. The van der Waals surface area contributed by atoms with E-state index >= 15 is 0 Å². The summed E-state index contributed by atoms with van der Waals surface area (Å²) >= 11 is 1.25. The monoisotopic (exact) mass is 473 g/mol. The highest BCUT2D eigenvalue weighted by Gasteiger charge is 2.29. The molecule has 1 saturated heterocycles. The van der Waals surface area contributed by atoms with Crippen LogP contribution in [-0.2, 0) is 0 Å². The maximum Gasteiger partial charge on any atom is 0.284 e. The maximum atomic E-state index is 12.7. The van der Waals surface area contributed by atoms with Gasteiger partial charge < -0.3 is 20.6 Å². The summed E-state index contributed by atoms with van der Waals surface area (Å²) in [5.41, 5.74) is 3.60. The number of likely N-dealkylation sites (tertiary alicyclic amines) is 1. The lowest BCUT2D eigenvalue weighted by molar-refractivity contribution is 0.0763. The molecule has 0 bridgehead atoms. The van der Waals surface area contributed by atoms with Crippen LogP contribution in [0, 0.1) is 0 Å². The molecule has 0 unspecified atom stereocenters. The molecule has 10 heteroatoms. The third kappa shape index (κ3) is 4.29. The van der Waals surface area contributed by atoms with Gasteiger partial charge in [-0.2, -0.15) is 0 Å². The molecule has 1 atom stereocenters. The van der Waals surface area contributed by atoms with E-state index in [-0.39, 0.29) is 5.91 Å². The molecule has 6 rings (SSSR count). The Bertz CT molecular complexity index is 1370. The summed E-state index contributed by atoms with van der Waals surface area (Å²) in [5, 5.41) is 27.1. The van der Waals surface area contributed by atoms with Crippen LogP contribution < -0.4 is 10.6 Å². The van der Waals surface area contributed by atoms with Gasteiger partial charge in [-0.15, -0.1) is 10.2 Å². The first-order valence-corrected chi connectivity index (χ1v) is 12.1. The van der Waals surface area contributed by atoms with Gasteiger partial charge in [-0.1, -0.05) is 17.4 Å². The lowest BCUT2D eigenvalue weighted by Crippen LogP contribution is -2.29. The molecule has 172 valence electrons. The molecule has 4 aromatic rings. The van der Waals surface area contributed by atoms with E-state index < -0.39 is 6.10 Å². The van der Waals surface area contributed by atoms with Crippen molar-refractivity contribution in [2.75, 3.05) is 23.7 Å². The average molecular weight is 474 g/mol. The minimum absolute atomic E-state index is 0.186. The second kappa shape index (κ2) is 8.62. The lowest BCUT2D eigenvalue weighted by Gasteiger charge is -2.13. The van der Waals surface area contributed by atoms with Gasteiger partial charge in [0.2, 0.25) is 5.01 Å². The van der Waals surface area contributed by atoms with Crippen LogP contribution in [-0.4, -0.2) is 61.3 Å². The van der Waals surface area contributed by atoms with E-state index in [0.717, 1.165) is 40.7 Å². The molecular weight excluding hydrogens is 450 g/mol. The van der Waals surface area contributed by atoms with E-state index in [1.54, 1.807) is 17.3 Å². The molecule has 0 spiro atoms. The number of aromatic nitrogens is 4. The predicted molar refractivity (Wildman–Crippen MR) is 131 cm³/mol. The number of carbonyl (C=O) groups is 1. The molecule has 9 nitrogen and oxygen atoms in total. The largest absolute Gasteiger partial charge is 0.391 e. The van der Waals surface area contributed by atoms with Gasteiger partial charge in [0.1, 0.15) is 5.82 Å². The highest BCUT2D eigenvalue weighted by Crippen LogP contribution is 2.36. The van der Waals surface area contributed by atoms with Crippen LogP contribution >= 0.6 is 11.3 Å². The van der Waals surface area contributed by atoms with Crippen LogP contribution in [0.3, 0.4) is 0 Å². The summed E-state index contributed by atoms with van der Waals surface area (Å²) in [6.45, 7) is 0.880. The Morgan fingerprint density at radius 2 is 2.03 bits per heavy atom. The number of β-amino-alcohol motifs (C(OH)–C–C–N with tert-alkyl or cyclic N) is 1. The summed E-state index contributed by atoms with van der Waals surface area (Å²) in [7, 11) is 0. The van der Waals surface area contributed by atoms with Crippen molar-refractivity contribution >= 4 is 45.3 Å². The summed E-state index contributed by atoms with van der Waals surface area (Å²) < 4.78 is 0. The molecule has 1 aliphatic heterocycles. The van der Waals surface area contributed by atoms with Crippen molar-refractivity contribution in [2.45, 2.75) is 31.4 Å². The zero-order valence-electron chi connectivity index (χ0n) is 18.3.